The molecule has 2 heterocycles. The van der Waals surface area contributed by atoms with Gasteiger partial charge in [0.2, 0.25) is 5.91 Å². The van der Waals surface area contributed by atoms with Crippen molar-refractivity contribution in [2.24, 2.45) is 0 Å². The van der Waals surface area contributed by atoms with Crippen LogP contribution >= 0.6 is 11.3 Å². The lowest BCUT2D eigenvalue weighted by atomic mass is 10.2. The number of nitrogens with zero attached hydrogens (tertiary/aromatic N) is 1. The van der Waals surface area contributed by atoms with Crippen molar-refractivity contribution in [3.05, 3.63) is 56.6 Å². The molecule has 0 fully saturated rings. The number of aromatic nitrogens is 1. The molecule has 0 aliphatic carbocycles. The smallest absolute Gasteiger partial charge is 0.387 e. The first-order valence-corrected chi connectivity index (χ1v) is 7.47. The molecular formula is C14H13F3N2O3S. The number of carbonyl (C=O) groups excluding carboxylic acids is 1. The van der Waals surface area contributed by atoms with Crippen LogP contribution in [0.15, 0.2) is 40.0 Å². The van der Waals surface area contributed by atoms with Crippen molar-refractivity contribution in [1.82, 2.24) is 9.88 Å². The first kappa shape index (κ1) is 17.2. The van der Waals surface area contributed by atoms with E-state index in [4.69, 9.17) is 0 Å². The van der Waals surface area contributed by atoms with Crippen molar-refractivity contribution in [3.8, 4) is 0 Å². The fourth-order valence-electron chi connectivity index (χ4n) is 1.88. The van der Waals surface area contributed by atoms with Gasteiger partial charge < -0.3 is 15.0 Å². The maximum absolute atomic E-state index is 12.6. The predicted molar refractivity (Wildman–Crippen MR) is 78.0 cm³/mol. The highest BCUT2D eigenvalue weighted by molar-refractivity contribution is 7.07. The molecule has 0 aromatic carbocycles. The Kier molecular flexibility index (Phi) is 5.22. The topological polar surface area (TPSA) is 71.3 Å². The molecule has 2 aromatic heterocycles. The van der Waals surface area contributed by atoms with Crippen LogP contribution in [0.1, 0.15) is 17.2 Å². The van der Waals surface area contributed by atoms with Gasteiger partial charge in [0.05, 0.1) is 6.10 Å². The molecule has 0 spiro atoms. The third-order valence-corrected chi connectivity index (χ3v) is 3.76. The Morgan fingerprint density at radius 1 is 1.39 bits per heavy atom. The third kappa shape index (κ3) is 4.42. The highest BCUT2D eigenvalue weighted by atomic mass is 32.1. The van der Waals surface area contributed by atoms with E-state index in [1.165, 1.54) is 11.3 Å². The second-order valence-corrected chi connectivity index (χ2v) is 5.51. The summed E-state index contributed by atoms with van der Waals surface area (Å²) in [5.74, 6) is -0.666. The number of hydrogen-bond donors (Lipinski definition) is 2. The monoisotopic (exact) mass is 346 g/mol. The largest absolute Gasteiger partial charge is 0.421 e. The van der Waals surface area contributed by atoms with Gasteiger partial charge in [0, 0.05) is 12.7 Å². The Morgan fingerprint density at radius 3 is 2.74 bits per heavy atom. The zero-order valence-corrected chi connectivity index (χ0v) is 12.5. The number of alkyl halides is 3. The lowest BCUT2D eigenvalue weighted by molar-refractivity contribution is -0.139. The van der Waals surface area contributed by atoms with E-state index in [-0.39, 0.29) is 6.54 Å². The van der Waals surface area contributed by atoms with Gasteiger partial charge in [-0.1, -0.05) is 0 Å². The van der Waals surface area contributed by atoms with Crippen molar-refractivity contribution < 1.29 is 23.1 Å². The van der Waals surface area contributed by atoms with Crippen molar-refractivity contribution in [2.45, 2.75) is 18.8 Å². The van der Waals surface area contributed by atoms with Crippen molar-refractivity contribution in [2.75, 3.05) is 6.54 Å². The van der Waals surface area contributed by atoms with E-state index in [1.54, 1.807) is 16.8 Å². The molecule has 23 heavy (non-hydrogen) atoms. The number of nitrogens with one attached hydrogen (secondary N) is 1. The number of halogens is 3. The van der Waals surface area contributed by atoms with Crippen LogP contribution in [0, 0.1) is 0 Å². The van der Waals surface area contributed by atoms with Gasteiger partial charge in [0.25, 0.3) is 5.56 Å². The second kappa shape index (κ2) is 6.97. The highest BCUT2D eigenvalue weighted by Gasteiger charge is 2.34. The Bertz CT molecular complexity index is 726. The molecule has 0 saturated heterocycles. The van der Waals surface area contributed by atoms with Gasteiger partial charge in [0.1, 0.15) is 12.1 Å². The molecule has 2 rings (SSSR count). The molecule has 9 heteroatoms. The van der Waals surface area contributed by atoms with E-state index in [2.05, 4.69) is 5.32 Å². The van der Waals surface area contributed by atoms with Gasteiger partial charge in [-0.15, -0.1) is 0 Å². The fraction of sp³-hybridized carbons (Fsp3) is 0.286. The van der Waals surface area contributed by atoms with Crippen molar-refractivity contribution >= 4 is 17.2 Å². The van der Waals surface area contributed by atoms with Crippen molar-refractivity contribution in [3.63, 3.8) is 0 Å². The van der Waals surface area contributed by atoms with Crippen LogP contribution in [0.25, 0.3) is 0 Å². The number of rotatable bonds is 5. The fourth-order valence-corrected chi connectivity index (χ4v) is 2.59. The van der Waals surface area contributed by atoms with Crippen LogP contribution < -0.4 is 10.9 Å². The van der Waals surface area contributed by atoms with Gasteiger partial charge >= 0.3 is 6.18 Å². The Hall–Kier alpha value is -2.13. The molecule has 1 unspecified atom stereocenters. The zero-order valence-electron chi connectivity index (χ0n) is 11.7. The van der Waals surface area contributed by atoms with Crippen LogP contribution in [0.4, 0.5) is 13.2 Å². The number of carbonyl (C=O) groups is 1. The summed E-state index contributed by atoms with van der Waals surface area (Å²) < 4.78 is 38.6. The molecule has 0 radical (unpaired) electrons. The van der Waals surface area contributed by atoms with Crippen LogP contribution in [0.3, 0.4) is 0 Å². The SMILES string of the molecule is O=C(Cn1cccc(C(F)(F)F)c1=O)NCC(O)c1ccsc1. The lowest BCUT2D eigenvalue weighted by Gasteiger charge is -2.12. The molecule has 0 aliphatic heterocycles. The van der Waals surface area contributed by atoms with E-state index in [0.717, 1.165) is 12.3 Å². The van der Waals surface area contributed by atoms with E-state index in [1.807, 2.05) is 0 Å². The Balaban J connectivity index is 2.00. The van der Waals surface area contributed by atoms with Crippen LogP contribution in [0.5, 0.6) is 0 Å². The quantitative estimate of drug-likeness (QED) is 0.867. The number of thiophene rings is 1. The lowest BCUT2D eigenvalue weighted by Crippen LogP contribution is -2.36. The molecule has 5 nitrogen and oxygen atoms in total. The molecule has 2 N–H and O–H groups in total. The minimum atomic E-state index is -4.77. The number of amides is 1. The molecule has 0 aliphatic rings. The maximum Gasteiger partial charge on any atom is 0.421 e. The van der Waals surface area contributed by atoms with Crippen LogP contribution in [0.2, 0.25) is 0 Å². The molecule has 2 aromatic rings. The van der Waals surface area contributed by atoms with Crippen LogP contribution in [-0.2, 0) is 17.5 Å². The maximum atomic E-state index is 12.6. The summed E-state index contributed by atoms with van der Waals surface area (Å²) in [4.78, 5) is 23.4. The van der Waals surface area contributed by atoms with Crippen molar-refractivity contribution in [1.29, 1.82) is 0 Å². The zero-order chi connectivity index (χ0) is 17.0. The molecule has 124 valence electrons. The summed E-state index contributed by atoms with van der Waals surface area (Å²) in [7, 11) is 0. The Labute approximate surface area is 133 Å². The number of aliphatic hydroxyl groups excluding tert-OH is 1. The minimum absolute atomic E-state index is 0.0940. The number of hydrogen-bond acceptors (Lipinski definition) is 4. The van der Waals surface area contributed by atoms with E-state index in [9.17, 15) is 27.9 Å². The van der Waals surface area contributed by atoms with Gasteiger partial charge in [-0.3, -0.25) is 9.59 Å². The average molecular weight is 346 g/mol. The second-order valence-electron chi connectivity index (χ2n) is 4.73. The van der Waals surface area contributed by atoms with E-state index in [0.29, 0.717) is 16.2 Å². The van der Waals surface area contributed by atoms with Gasteiger partial charge in [-0.05, 0) is 34.5 Å². The highest BCUT2D eigenvalue weighted by Crippen LogP contribution is 2.25. The van der Waals surface area contributed by atoms with Crippen LogP contribution in [-0.4, -0.2) is 22.1 Å². The summed E-state index contributed by atoms with van der Waals surface area (Å²) in [5.41, 5.74) is -1.98. The summed E-state index contributed by atoms with van der Waals surface area (Å²) in [6.07, 6.45) is -4.58. The first-order chi connectivity index (χ1) is 10.8. The number of pyridine rings is 1. The Morgan fingerprint density at radius 2 is 2.13 bits per heavy atom. The summed E-state index contributed by atoms with van der Waals surface area (Å²) >= 11 is 1.39. The molecule has 0 saturated carbocycles. The minimum Gasteiger partial charge on any atom is -0.387 e. The summed E-state index contributed by atoms with van der Waals surface area (Å²) in [6, 6.07) is 3.41. The van der Waals surface area contributed by atoms with Gasteiger partial charge in [-0.2, -0.15) is 24.5 Å². The summed E-state index contributed by atoms with van der Waals surface area (Å²) in [6.45, 7) is -0.650. The first-order valence-electron chi connectivity index (χ1n) is 6.52. The van der Waals surface area contributed by atoms with Gasteiger partial charge in [0.15, 0.2) is 0 Å². The summed E-state index contributed by atoms with van der Waals surface area (Å²) in [5, 5.41) is 15.7. The van der Waals surface area contributed by atoms with E-state index < -0.39 is 35.9 Å². The predicted octanol–water partition coefficient (Wildman–Crippen LogP) is 1.78. The molecule has 0 bridgehead atoms. The number of aliphatic hydroxyl groups is 1. The molecular weight excluding hydrogens is 333 g/mol. The normalized spacial score (nSPS) is 12.9. The molecule has 1 amide bonds. The van der Waals surface area contributed by atoms with Gasteiger partial charge in [-0.25, -0.2) is 0 Å². The third-order valence-electron chi connectivity index (χ3n) is 3.06. The average Bonchev–Trinajstić information content (AvgIpc) is 3.00. The van der Waals surface area contributed by atoms with E-state index >= 15 is 0 Å². The molecule has 1 atom stereocenters. The standard InChI is InChI=1S/C14H13F3N2O3S/c15-14(16,17)10-2-1-4-19(13(10)22)7-12(21)18-6-11(20)9-3-5-23-8-9/h1-5,8,11,20H,6-7H2,(H,18,21).